The molecule has 3 fully saturated rings. The van der Waals surface area contributed by atoms with Crippen molar-refractivity contribution < 1.29 is 19.1 Å². The number of fused-ring (bicyclic) bond motifs is 2. The number of hydrogen-bond donors (Lipinski definition) is 0. The molecule has 0 radical (unpaired) electrons. The highest BCUT2D eigenvalue weighted by Gasteiger charge is 2.59. The van der Waals surface area contributed by atoms with Crippen LogP contribution in [-0.4, -0.2) is 35.7 Å². The first-order valence-electron chi connectivity index (χ1n) is 6.56. The molecule has 0 amide bonds. The van der Waals surface area contributed by atoms with Crippen molar-refractivity contribution in [3.05, 3.63) is 0 Å². The molecule has 0 bridgehead atoms. The van der Waals surface area contributed by atoms with Gasteiger partial charge in [-0.25, -0.2) is 0 Å². The molecule has 17 heavy (non-hydrogen) atoms. The van der Waals surface area contributed by atoms with Crippen LogP contribution >= 0.6 is 0 Å². The highest BCUT2D eigenvalue weighted by molar-refractivity contribution is 5.78. The fourth-order valence-corrected chi connectivity index (χ4v) is 3.10. The molecule has 3 aliphatic rings. The Bertz CT molecular complexity index is 314. The van der Waals surface area contributed by atoms with Gasteiger partial charge in [0.15, 0.2) is 12.0 Å². The van der Waals surface area contributed by atoms with E-state index in [4.69, 9.17) is 14.3 Å². The van der Waals surface area contributed by atoms with Gasteiger partial charge >= 0.3 is 5.97 Å². The van der Waals surface area contributed by atoms with E-state index in [1.807, 2.05) is 6.92 Å². The van der Waals surface area contributed by atoms with Gasteiger partial charge in [-0.15, -0.1) is 5.06 Å². The summed E-state index contributed by atoms with van der Waals surface area (Å²) in [6, 6.07) is -0.260. The summed E-state index contributed by atoms with van der Waals surface area (Å²) < 4.78 is 11.0. The van der Waals surface area contributed by atoms with Crippen LogP contribution in [0.25, 0.3) is 0 Å². The van der Waals surface area contributed by atoms with Gasteiger partial charge in [-0.2, -0.15) is 0 Å². The van der Waals surface area contributed by atoms with Crippen molar-refractivity contribution in [2.24, 2.45) is 0 Å². The Morgan fingerprint density at radius 3 is 2.88 bits per heavy atom. The van der Waals surface area contributed by atoms with Crippen LogP contribution in [0.2, 0.25) is 0 Å². The average Bonchev–Trinajstić information content (AvgIpc) is 2.83. The van der Waals surface area contributed by atoms with E-state index in [9.17, 15) is 4.79 Å². The fourth-order valence-electron chi connectivity index (χ4n) is 3.10. The number of nitrogens with zero attached hydrogens (tertiary/aromatic N) is 1. The van der Waals surface area contributed by atoms with E-state index in [2.05, 4.69) is 0 Å². The van der Waals surface area contributed by atoms with Crippen molar-refractivity contribution in [2.45, 2.75) is 63.5 Å². The van der Waals surface area contributed by atoms with Crippen molar-refractivity contribution in [1.29, 1.82) is 0 Å². The molecular weight excluding hydrogens is 222 g/mol. The fraction of sp³-hybridized carbons (Fsp3) is 0.917. The minimum Gasteiger partial charge on any atom is -0.440 e. The Morgan fingerprint density at radius 1 is 1.41 bits per heavy atom. The first-order valence-corrected chi connectivity index (χ1v) is 6.56. The van der Waals surface area contributed by atoms with Gasteiger partial charge in [0.25, 0.3) is 0 Å². The number of esters is 1. The van der Waals surface area contributed by atoms with Crippen LogP contribution in [0.4, 0.5) is 0 Å². The summed E-state index contributed by atoms with van der Waals surface area (Å²) in [6.45, 7) is 2.54. The molecule has 3 rings (SSSR count). The third-order valence-corrected chi connectivity index (χ3v) is 3.88. The molecule has 5 heteroatoms. The molecule has 0 aromatic rings. The maximum absolute atomic E-state index is 11.9. The largest absolute Gasteiger partial charge is 0.440 e. The van der Waals surface area contributed by atoms with E-state index in [-0.39, 0.29) is 18.3 Å². The molecule has 0 N–H and O–H groups in total. The van der Waals surface area contributed by atoms with E-state index >= 15 is 0 Å². The predicted octanol–water partition coefficient (Wildman–Crippen LogP) is 1.57. The number of hydrogen-bond acceptors (Lipinski definition) is 5. The zero-order chi connectivity index (χ0) is 11.9. The van der Waals surface area contributed by atoms with Crippen LogP contribution in [-0.2, 0) is 19.1 Å². The normalized spacial score (nSPS) is 36.2. The zero-order valence-corrected chi connectivity index (χ0v) is 10.2. The summed E-state index contributed by atoms with van der Waals surface area (Å²) in [6.07, 6.45) is 5.48. The van der Waals surface area contributed by atoms with Gasteiger partial charge < -0.3 is 9.47 Å². The number of hydroxylamine groups is 2. The molecule has 0 unspecified atom stereocenters. The third-order valence-electron chi connectivity index (χ3n) is 3.88. The molecule has 0 aromatic heterocycles. The lowest BCUT2D eigenvalue weighted by molar-refractivity contribution is -0.309. The van der Waals surface area contributed by atoms with Crippen LogP contribution in [0.5, 0.6) is 0 Å². The molecule has 96 valence electrons. The standard InChI is InChI=1S/C12H19NO4/c1-2-15-10-8-9-11(14)16-12(13(9)17-10)6-4-3-5-7-12/h9-10H,2-8H2,1H3/t9-,10-/m0/s1. The Morgan fingerprint density at radius 2 is 2.18 bits per heavy atom. The quantitative estimate of drug-likeness (QED) is 0.687. The van der Waals surface area contributed by atoms with Crippen LogP contribution in [0, 0.1) is 0 Å². The van der Waals surface area contributed by atoms with Gasteiger partial charge in [-0.1, -0.05) is 6.42 Å². The lowest BCUT2D eigenvalue weighted by Gasteiger charge is -2.37. The summed E-state index contributed by atoms with van der Waals surface area (Å²) in [7, 11) is 0. The van der Waals surface area contributed by atoms with E-state index < -0.39 is 5.72 Å². The second-order valence-corrected chi connectivity index (χ2v) is 5.00. The Labute approximate surface area is 101 Å². The minimum atomic E-state index is -0.494. The first-order chi connectivity index (χ1) is 8.25. The van der Waals surface area contributed by atoms with Crippen molar-refractivity contribution in [3.63, 3.8) is 0 Å². The molecule has 2 saturated heterocycles. The summed E-state index contributed by atoms with van der Waals surface area (Å²) in [5.74, 6) is -0.144. The van der Waals surface area contributed by atoms with Crippen molar-refractivity contribution in [3.8, 4) is 0 Å². The summed E-state index contributed by atoms with van der Waals surface area (Å²) >= 11 is 0. The van der Waals surface area contributed by atoms with Gasteiger partial charge in [0, 0.05) is 25.9 Å². The lowest BCUT2D eigenvalue weighted by atomic mass is 9.91. The molecular formula is C12H19NO4. The van der Waals surface area contributed by atoms with E-state index in [0.717, 1.165) is 25.7 Å². The number of carbonyl (C=O) groups excluding carboxylic acids is 1. The molecule has 2 atom stereocenters. The Kier molecular flexibility index (Phi) is 2.84. The monoisotopic (exact) mass is 241 g/mol. The number of carbonyl (C=O) groups is 1. The minimum absolute atomic E-state index is 0.144. The Hall–Kier alpha value is -0.650. The molecule has 1 spiro atoms. The SMILES string of the molecule is CCO[C@@H]1C[C@H]2C(=O)OC3(CCCCC3)N2O1. The maximum Gasteiger partial charge on any atom is 0.327 e. The second kappa shape index (κ2) is 4.23. The highest BCUT2D eigenvalue weighted by atomic mass is 16.8. The number of ether oxygens (including phenoxy) is 2. The molecule has 1 saturated carbocycles. The topological polar surface area (TPSA) is 48.0 Å². The van der Waals surface area contributed by atoms with Gasteiger partial charge in [0.1, 0.15) is 6.04 Å². The smallest absolute Gasteiger partial charge is 0.327 e. The van der Waals surface area contributed by atoms with Gasteiger partial charge in [0.05, 0.1) is 0 Å². The van der Waals surface area contributed by atoms with Crippen molar-refractivity contribution in [1.82, 2.24) is 5.06 Å². The predicted molar refractivity (Wildman–Crippen MR) is 58.7 cm³/mol. The van der Waals surface area contributed by atoms with Crippen LogP contribution in [0.1, 0.15) is 45.4 Å². The molecule has 2 aliphatic heterocycles. The van der Waals surface area contributed by atoms with E-state index in [1.54, 1.807) is 5.06 Å². The molecule has 1 aliphatic carbocycles. The Balaban J connectivity index is 1.77. The maximum atomic E-state index is 11.9. The highest BCUT2D eigenvalue weighted by Crippen LogP contribution is 2.45. The van der Waals surface area contributed by atoms with Crippen LogP contribution in [0.15, 0.2) is 0 Å². The summed E-state index contributed by atoms with van der Waals surface area (Å²) in [4.78, 5) is 17.6. The molecule has 5 nitrogen and oxygen atoms in total. The summed E-state index contributed by atoms with van der Waals surface area (Å²) in [5, 5.41) is 1.79. The molecule has 0 aromatic carbocycles. The van der Waals surface area contributed by atoms with E-state index in [0.29, 0.717) is 13.0 Å². The van der Waals surface area contributed by atoms with Gasteiger partial charge in [-0.3, -0.25) is 9.63 Å². The van der Waals surface area contributed by atoms with E-state index in [1.165, 1.54) is 6.42 Å². The van der Waals surface area contributed by atoms with Crippen LogP contribution < -0.4 is 0 Å². The lowest BCUT2D eigenvalue weighted by Crippen LogP contribution is -2.46. The van der Waals surface area contributed by atoms with Gasteiger partial charge in [0.2, 0.25) is 0 Å². The first kappa shape index (κ1) is 11.4. The van der Waals surface area contributed by atoms with Gasteiger partial charge in [-0.05, 0) is 19.8 Å². The average molecular weight is 241 g/mol. The van der Waals surface area contributed by atoms with Crippen LogP contribution in [0.3, 0.4) is 0 Å². The molecule has 2 heterocycles. The number of rotatable bonds is 2. The van der Waals surface area contributed by atoms with Crippen molar-refractivity contribution in [2.75, 3.05) is 6.61 Å². The summed E-state index contributed by atoms with van der Waals surface area (Å²) in [5.41, 5.74) is -0.494. The van der Waals surface area contributed by atoms with Crippen molar-refractivity contribution >= 4 is 5.97 Å². The third kappa shape index (κ3) is 1.77. The second-order valence-electron chi connectivity index (χ2n) is 5.00. The zero-order valence-electron chi connectivity index (χ0n) is 10.2.